The quantitative estimate of drug-likeness (QED) is 0.511. The van der Waals surface area contributed by atoms with E-state index >= 15 is 0 Å². The van der Waals surface area contributed by atoms with Gasteiger partial charge in [-0.3, -0.25) is 0 Å². The second kappa shape index (κ2) is 9.55. The Bertz CT molecular complexity index is 756. The number of hydrazine groups is 1. The number of hydrogen-bond donors (Lipinski definition) is 1. The minimum atomic E-state index is -1.11. The van der Waals surface area contributed by atoms with Gasteiger partial charge in [0.15, 0.2) is 0 Å². The van der Waals surface area contributed by atoms with E-state index in [-0.39, 0.29) is 12.3 Å². The maximum Gasteiger partial charge on any atom is 0.440 e. The zero-order chi connectivity index (χ0) is 24.2. The van der Waals surface area contributed by atoms with Gasteiger partial charge in [-0.15, -0.1) is 5.01 Å². The van der Waals surface area contributed by atoms with Crippen molar-refractivity contribution in [2.75, 3.05) is 5.01 Å². The molecule has 0 atom stereocenters. The van der Waals surface area contributed by atoms with Gasteiger partial charge in [0.1, 0.15) is 16.8 Å². The number of hydrogen-bond acceptors (Lipinski definition) is 7. The summed E-state index contributed by atoms with van der Waals surface area (Å²) >= 11 is 0. The van der Waals surface area contributed by atoms with Gasteiger partial charge in [0.2, 0.25) is 0 Å². The third-order valence-electron chi connectivity index (χ3n) is 3.26. The third-order valence-corrected chi connectivity index (χ3v) is 3.26. The van der Waals surface area contributed by atoms with Crippen molar-refractivity contribution in [3.63, 3.8) is 0 Å². The van der Waals surface area contributed by atoms with E-state index in [1.807, 2.05) is 0 Å². The average molecular weight is 439 g/mol. The molecule has 0 fully saturated rings. The number of anilines is 1. The van der Waals surface area contributed by atoms with Gasteiger partial charge in [-0.1, -0.05) is 12.1 Å². The summed E-state index contributed by atoms with van der Waals surface area (Å²) in [7, 11) is 0. The highest BCUT2D eigenvalue weighted by Crippen LogP contribution is 2.25. The lowest BCUT2D eigenvalue weighted by Crippen LogP contribution is -2.56. The lowest BCUT2D eigenvalue weighted by Gasteiger charge is -2.35. The van der Waals surface area contributed by atoms with Crippen molar-refractivity contribution in [2.45, 2.75) is 85.7 Å². The molecule has 0 aliphatic carbocycles. The van der Waals surface area contributed by atoms with E-state index in [2.05, 4.69) is 0 Å². The topological polar surface area (TPSA) is 106 Å². The molecule has 0 aromatic heterocycles. The van der Waals surface area contributed by atoms with Crippen molar-refractivity contribution >= 4 is 24.0 Å². The Kier molecular flexibility index (Phi) is 8.08. The molecule has 1 aromatic carbocycles. The first-order valence-electron chi connectivity index (χ1n) is 9.92. The summed E-state index contributed by atoms with van der Waals surface area (Å²) in [4.78, 5) is 39.1. The van der Waals surface area contributed by atoms with E-state index in [0.717, 1.165) is 5.01 Å². The van der Waals surface area contributed by atoms with Crippen LogP contribution in [0.3, 0.4) is 0 Å². The zero-order valence-corrected chi connectivity index (χ0v) is 19.8. The number of imide groups is 1. The number of aliphatic hydroxyl groups is 1. The van der Waals surface area contributed by atoms with Gasteiger partial charge in [0, 0.05) is 0 Å². The molecule has 0 radical (unpaired) electrons. The molecule has 9 nitrogen and oxygen atoms in total. The standard InChI is InChI=1S/C22H34N2O7/c1-20(2,3)29-17(26)23(16-12-10-15(14-25)11-13-16)24(18(27)30-21(4,5)6)19(28)31-22(7,8)9/h10-13,25H,14H2,1-9H3. The fourth-order valence-corrected chi connectivity index (χ4v) is 2.20. The van der Waals surface area contributed by atoms with Gasteiger partial charge in [0.05, 0.1) is 12.3 Å². The van der Waals surface area contributed by atoms with Crippen LogP contribution in [0.25, 0.3) is 0 Å². The molecule has 9 heteroatoms. The Morgan fingerprint density at radius 1 is 0.710 bits per heavy atom. The van der Waals surface area contributed by atoms with Crippen LogP contribution in [-0.2, 0) is 20.8 Å². The summed E-state index contributed by atoms with van der Waals surface area (Å²) in [6, 6.07) is 6.04. The third kappa shape index (κ3) is 8.84. The number of carbonyl (C=O) groups excluding carboxylic acids is 3. The predicted molar refractivity (Wildman–Crippen MR) is 115 cm³/mol. The lowest BCUT2D eigenvalue weighted by molar-refractivity contribution is -0.00667. The molecule has 0 spiro atoms. The first-order chi connectivity index (χ1) is 13.9. The Labute approximate surface area is 183 Å². The highest BCUT2D eigenvalue weighted by atomic mass is 16.6. The van der Waals surface area contributed by atoms with Crippen LogP contribution in [0.4, 0.5) is 20.1 Å². The molecular weight excluding hydrogens is 404 g/mol. The zero-order valence-electron chi connectivity index (χ0n) is 19.8. The monoisotopic (exact) mass is 438 g/mol. The summed E-state index contributed by atoms with van der Waals surface area (Å²) in [6.07, 6.45) is -3.21. The Balaban J connectivity index is 3.57. The van der Waals surface area contributed by atoms with E-state index < -0.39 is 35.1 Å². The molecule has 3 amide bonds. The van der Waals surface area contributed by atoms with Gasteiger partial charge in [-0.25, -0.2) is 14.4 Å². The fraction of sp³-hybridized carbons (Fsp3) is 0.591. The Morgan fingerprint density at radius 2 is 1.06 bits per heavy atom. The van der Waals surface area contributed by atoms with Crippen molar-refractivity contribution in [1.29, 1.82) is 0 Å². The molecule has 0 saturated heterocycles. The second-order valence-electron chi connectivity index (χ2n) is 9.89. The van der Waals surface area contributed by atoms with Gasteiger partial charge < -0.3 is 19.3 Å². The van der Waals surface area contributed by atoms with Crippen LogP contribution in [0.1, 0.15) is 67.9 Å². The Hall–Kier alpha value is -2.81. The number of nitrogens with zero attached hydrogens (tertiary/aromatic N) is 2. The molecule has 0 aliphatic rings. The van der Waals surface area contributed by atoms with Crippen molar-refractivity contribution in [2.24, 2.45) is 0 Å². The highest BCUT2D eigenvalue weighted by Gasteiger charge is 2.41. The van der Waals surface area contributed by atoms with E-state index in [1.165, 1.54) is 12.1 Å². The van der Waals surface area contributed by atoms with Crippen molar-refractivity contribution < 1.29 is 33.7 Å². The van der Waals surface area contributed by atoms with Gasteiger partial charge in [0.25, 0.3) is 0 Å². The smallest absolute Gasteiger partial charge is 0.440 e. The summed E-state index contributed by atoms with van der Waals surface area (Å²) in [5.41, 5.74) is -2.08. The molecule has 0 unspecified atom stereocenters. The molecule has 0 aliphatic heterocycles. The second-order valence-corrected chi connectivity index (χ2v) is 9.89. The highest BCUT2D eigenvalue weighted by molar-refractivity contribution is 5.99. The van der Waals surface area contributed by atoms with E-state index in [0.29, 0.717) is 10.6 Å². The summed E-state index contributed by atoms with van der Waals surface area (Å²) in [6.45, 7) is 14.5. The molecule has 1 rings (SSSR count). The largest absolute Gasteiger partial charge is 0.442 e. The number of carbonyl (C=O) groups is 3. The molecule has 0 saturated carbocycles. The maximum absolute atomic E-state index is 13.1. The van der Waals surface area contributed by atoms with Crippen LogP contribution in [0.5, 0.6) is 0 Å². The molecule has 0 heterocycles. The number of amides is 3. The van der Waals surface area contributed by atoms with Crippen LogP contribution in [0.15, 0.2) is 24.3 Å². The summed E-state index contributed by atoms with van der Waals surface area (Å²) < 4.78 is 16.2. The number of rotatable bonds is 2. The summed E-state index contributed by atoms with van der Waals surface area (Å²) in [5, 5.41) is 10.5. The molecule has 31 heavy (non-hydrogen) atoms. The first-order valence-corrected chi connectivity index (χ1v) is 9.92. The van der Waals surface area contributed by atoms with Crippen molar-refractivity contribution in [3.05, 3.63) is 29.8 Å². The SMILES string of the molecule is CC(C)(C)OC(=O)N(C(=O)OC(C)(C)C)N(C(=O)OC(C)(C)C)c1ccc(CO)cc1. The first kappa shape index (κ1) is 26.2. The molecule has 1 aromatic rings. The minimum Gasteiger partial charge on any atom is -0.442 e. The van der Waals surface area contributed by atoms with Crippen LogP contribution in [0.2, 0.25) is 0 Å². The fourth-order valence-electron chi connectivity index (χ4n) is 2.20. The van der Waals surface area contributed by atoms with E-state index in [1.54, 1.807) is 74.4 Å². The van der Waals surface area contributed by atoms with E-state index in [9.17, 15) is 19.5 Å². The summed E-state index contributed by atoms with van der Waals surface area (Å²) in [5.74, 6) is 0. The van der Waals surface area contributed by atoms with Gasteiger partial charge in [-0.2, -0.15) is 5.01 Å². The van der Waals surface area contributed by atoms with Gasteiger partial charge in [-0.05, 0) is 80.0 Å². The van der Waals surface area contributed by atoms with Crippen molar-refractivity contribution in [3.8, 4) is 0 Å². The van der Waals surface area contributed by atoms with Crippen LogP contribution in [-0.4, -0.2) is 45.2 Å². The Morgan fingerprint density at radius 3 is 1.39 bits per heavy atom. The van der Waals surface area contributed by atoms with Crippen LogP contribution >= 0.6 is 0 Å². The molecule has 1 N–H and O–H groups in total. The number of aliphatic hydroxyl groups excluding tert-OH is 1. The molecule has 174 valence electrons. The van der Waals surface area contributed by atoms with Crippen LogP contribution < -0.4 is 5.01 Å². The normalized spacial score (nSPS) is 12.1. The van der Waals surface area contributed by atoms with Gasteiger partial charge >= 0.3 is 18.3 Å². The van der Waals surface area contributed by atoms with Crippen LogP contribution in [0, 0.1) is 0 Å². The predicted octanol–water partition coefficient (Wildman–Crippen LogP) is 5.01. The minimum absolute atomic E-state index is 0.142. The number of ether oxygens (including phenoxy) is 3. The molecule has 0 bridgehead atoms. The maximum atomic E-state index is 13.1. The average Bonchev–Trinajstić information content (AvgIpc) is 2.54. The lowest BCUT2D eigenvalue weighted by atomic mass is 10.2. The van der Waals surface area contributed by atoms with Crippen molar-refractivity contribution in [1.82, 2.24) is 5.01 Å². The number of benzene rings is 1. The van der Waals surface area contributed by atoms with E-state index in [4.69, 9.17) is 14.2 Å². The molecular formula is C22H34N2O7.